The third kappa shape index (κ3) is 2.09. The van der Waals surface area contributed by atoms with Crippen LogP contribution in [-0.2, 0) is 0 Å². The molecule has 0 aliphatic carbocycles. The fraction of sp³-hybridized carbons (Fsp3) is 0.167. The molecule has 6 heteroatoms. The maximum absolute atomic E-state index is 11.4. The van der Waals surface area contributed by atoms with Crippen LogP contribution in [0.25, 0.3) is 0 Å². The number of hydrogen-bond acceptors (Lipinski definition) is 4. The zero-order valence-electron chi connectivity index (χ0n) is 9.42. The summed E-state index contributed by atoms with van der Waals surface area (Å²) < 4.78 is 5.09. The van der Waals surface area contributed by atoms with Crippen molar-refractivity contribution in [3.8, 4) is 5.75 Å². The molecule has 0 radical (unpaired) electrons. The van der Waals surface area contributed by atoms with Crippen molar-refractivity contribution in [2.75, 3.05) is 11.9 Å². The minimum absolute atomic E-state index is 0.0403. The Morgan fingerprint density at radius 3 is 2.61 bits per heavy atom. The zero-order valence-corrected chi connectivity index (χ0v) is 10.9. The molecule has 0 heterocycles. The Kier molecular flexibility index (Phi) is 3.59. The molecule has 0 spiro atoms. The molecule has 0 aliphatic heterocycles. The maximum Gasteiger partial charge on any atom is 0.272 e. The second-order valence-electron chi connectivity index (χ2n) is 3.52. The van der Waals surface area contributed by atoms with Gasteiger partial charge in [0.25, 0.3) is 10.9 Å². The first kappa shape index (κ1) is 12.9. The van der Waals surface area contributed by atoms with Crippen LogP contribution in [0.3, 0.4) is 0 Å². The Hall–Kier alpha value is -1.52. The van der Waals surface area contributed by atoms with E-state index in [1.54, 1.807) is 25.1 Å². The highest BCUT2D eigenvalue weighted by atomic mass is 35.5. The standard InChI is InChI=1S/C12H9Cl2NO3/c1-2-18-12-9(10(16)11(12)17)15-7-5-3-4-6(13)8(7)14/h3-5,15H,2H2,1H3. The molecule has 0 saturated carbocycles. The van der Waals surface area contributed by atoms with Crippen LogP contribution >= 0.6 is 23.2 Å². The lowest BCUT2D eigenvalue weighted by molar-refractivity contribution is 0.335. The van der Waals surface area contributed by atoms with Crippen LogP contribution in [0.4, 0.5) is 11.4 Å². The third-order valence-electron chi connectivity index (χ3n) is 2.37. The minimum Gasteiger partial charge on any atom is -0.488 e. The van der Waals surface area contributed by atoms with Gasteiger partial charge in [-0.3, -0.25) is 9.59 Å². The highest BCUT2D eigenvalue weighted by molar-refractivity contribution is 6.43. The number of nitrogens with one attached hydrogen (secondary N) is 1. The second kappa shape index (κ2) is 5.00. The highest BCUT2D eigenvalue weighted by Crippen LogP contribution is 2.32. The average Bonchev–Trinajstić information content (AvgIpc) is 2.38. The summed E-state index contributed by atoms with van der Waals surface area (Å²) in [6.45, 7) is 2.04. The monoisotopic (exact) mass is 285 g/mol. The Labute approximate surface area is 113 Å². The van der Waals surface area contributed by atoms with Crippen molar-refractivity contribution in [3.63, 3.8) is 0 Å². The predicted molar refractivity (Wildman–Crippen MR) is 72.3 cm³/mol. The van der Waals surface area contributed by atoms with E-state index in [0.717, 1.165) is 0 Å². The first-order valence-corrected chi connectivity index (χ1v) is 5.99. The van der Waals surface area contributed by atoms with E-state index >= 15 is 0 Å². The van der Waals surface area contributed by atoms with Crippen LogP contribution in [0.1, 0.15) is 6.92 Å². The predicted octanol–water partition coefficient (Wildman–Crippen LogP) is 2.73. The van der Waals surface area contributed by atoms with Crippen LogP contribution in [-0.4, -0.2) is 6.61 Å². The molecule has 0 amide bonds. The second-order valence-corrected chi connectivity index (χ2v) is 4.31. The quantitative estimate of drug-likeness (QED) is 0.878. The van der Waals surface area contributed by atoms with Gasteiger partial charge in [-0.05, 0) is 19.1 Å². The molecular formula is C12H9Cl2NO3. The summed E-state index contributed by atoms with van der Waals surface area (Å²) in [5.41, 5.74) is -0.671. The van der Waals surface area contributed by atoms with Crippen molar-refractivity contribution >= 4 is 34.6 Å². The summed E-state index contributed by atoms with van der Waals surface area (Å²) in [6, 6.07) is 4.96. The Morgan fingerprint density at radius 1 is 1.22 bits per heavy atom. The lowest BCUT2D eigenvalue weighted by Crippen LogP contribution is -2.35. The van der Waals surface area contributed by atoms with Gasteiger partial charge < -0.3 is 10.1 Å². The smallest absolute Gasteiger partial charge is 0.272 e. The van der Waals surface area contributed by atoms with Gasteiger partial charge in [-0.25, -0.2) is 0 Å². The van der Waals surface area contributed by atoms with Crippen molar-refractivity contribution in [1.29, 1.82) is 0 Å². The maximum atomic E-state index is 11.4. The normalized spacial score (nSPS) is 10.6. The van der Waals surface area contributed by atoms with Crippen LogP contribution in [0, 0.1) is 0 Å². The topological polar surface area (TPSA) is 55.4 Å². The molecule has 0 aromatic heterocycles. The lowest BCUT2D eigenvalue weighted by Gasteiger charge is -2.14. The molecule has 18 heavy (non-hydrogen) atoms. The van der Waals surface area contributed by atoms with E-state index in [1.807, 2.05) is 0 Å². The summed E-state index contributed by atoms with van der Waals surface area (Å²) in [5.74, 6) is 0.0403. The number of benzene rings is 1. The number of rotatable bonds is 4. The molecular weight excluding hydrogens is 277 g/mol. The van der Waals surface area contributed by atoms with Gasteiger partial charge in [-0.15, -0.1) is 0 Å². The molecule has 0 atom stereocenters. The number of anilines is 2. The van der Waals surface area contributed by atoms with E-state index in [9.17, 15) is 9.59 Å². The van der Waals surface area contributed by atoms with Crippen LogP contribution in [0.2, 0.25) is 10.0 Å². The first-order valence-electron chi connectivity index (χ1n) is 5.23. The number of ether oxygens (including phenoxy) is 1. The van der Waals surface area contributed by atoms with Gasteiger partial charge in [0.2, 0.25) is 0 Å². The van der Waals surface area contributed by atoms with Crippen molar-refractivity contribution in [2.45, 2.75) is 6.92 Å². The van der Waals surface area contributed by atoms with Crippen molar-refractivity contribution in [2.24, 2.45) is 0 Å². The molecule has 1 N–H and O–H groups in total. The number of halogens is 2. The molecule has 2 aromatic carbocycles. The summed E-state index contributed by atoms with van der Waals surface area (Å²) >= 11 is 11.8. The summed E-state index contributed by atoms with van der Waals surface area (Å²) in [4.78, 5) is 22.7. The highest BCUT2D eigenvalue weighted by Gasteiger charge is 2.23. The van der Waals surface area contributed by atoms with Gasteiger partial charge in [0, 0.05) is 0 Å². The zero-order chi connectivity index (χ0) is 13.3. The molecule has 0 saturated heterocycles. The third-order valence-corrected chi connectivity index (χ3v) is 3.19. The Bertz CT molecular complexity index is 660. The summed E-state index contributed by atoms with van der Waals surface area (Å²) in [6.07, 6.45) is 0. The largest absolute Gasteiger partial charge is 0.488 e. The van der Waals surface area contributed by atoms with E-state index in [4.69, 9.17) is 27.9 Å². The fourth-order valence-electron chi connectivity index (χ4n) is 1.50. The molecule has 0 unspecified atom stereocenters. The molecule has 94 valence electrons. The molecule has 4 nitrogen and oxygen atoms in total. The van der Waals surface area contributed by atoms with Crippen molar-refractivity contribution < 1.29 is 4.74 Å². The fourth-order valence-corrected chi connectivity index (χ4v) is 1.85. The number of hydrogen-bond donors (Lipinski definition) is 1. The van der Waals surface area contributed by atoms with Gasteiger partial charge in [-0.1, -0.05) is 29.3 Å². The first-order chi connectivity index (χ1) is 8.56. The van der Waals surface area contributed by atoms with E-state index in [2.05, 4.69) is 5.32 Å². The van der Waals surface area contributed by atoms with Crippen molar-refractivity contribution in [1.82, 2.24) is 0 Å². The van der Waals surface area contributed by atoms with E-state index < -0.39 is 10.9 Å². The van der Waals surface area contributed by atoms with Gasteiger partial charge in [0.05, 0.1) is 22.3 Å². The SMILES string of the molecule is CCOc1c(Nc2cccc(Cl)c2Cl)c(=O)c1=O. The molecule has 2 rings (SSSR count). The minimum atomic E-state index is -0.627. The van der Waals surface area contributed by atoms with Gasteiger partial charge in [-0.2, -0.15) is 0 Å². The van der Waals surface area contributed by atoms with Gasteiger partial charge in [0.1, 0.15) is 5.69 Å². The molecule has 0 bridgehead atoms. The van der Waals surface area contributed by atoms with E-state index in [1.165, 1.54) is 0 Å². The molecule has 2 aromatic rings. The van der Waals surface area contributed by atoms with Crippen LogP contribution < -0.4 is 20.9 Å². The Balaban J connectivity index is 2.35. The van der Waals surface area contributed by atoms with Crippen LogP contribution in [0.5, 0.6) is 5.75 Å². The van der Waals surface area contributed by atoms with Gasteiger partial charge >= 0.3 is 0 Å². The van der Waals surface area contributed by atoms with E-state index in [-0.39, 0.29) is 16.5 Å². The summed E-state index contributed by atoms with van der Waals surface area (Å²) in [7, 11) is 0. The molecule has 0 fully saturated rings. The van der Waals surface area contributed by atoms with Crippen molar-refractivity contribution in [3.05, 3.63) is 48.7 Å². The Morgan fingerprint density at radius 2 is 1.94 bits per heavy atom. The molecule has 0 aliphatic rings. The average molecular weight is 286 g/mol. The van der Waals surface area contributed by atoms with Crippen LogP contribution in [0.15, 0.2) is 27.8 Å². The van der Waals surface area contributed by atoms with Gasteiger partial charge in [0.15, 0.2) is 5.75 Å². The lowest BCUT2D eigenvalue weighted by atomic mass is 10.2. The van der Waals surface area contributed by atoms with E-state index in [0.29, 0.717) is 17.3 Å². The summed E-state index contributed by atoms with van der Waals surface area (Å²) in [5, 5.41) is 3.42.